The molecule has 1 atom stereocenters. The summed E-state index contributed by atoms with van der Waals surface area (Å²) in [6.45, 7) is 4.46. The molecule has 1 aliphatic rings. The third kappa shape index (κ3) is 5.68. The van der Waals surface area contributed by atoms with Crippen LogP contribution in [0.3, 0.4) is 0 Å². The quantitative estimate of drug-likeness (QED) is 0.520. The van der Waals surface area contributed by atoms with Gasteiger partial charge in [-0.3, -0.25) is 0 Å². The standard InChI is InChI=1S/C18H32O2/c1-3-5-6-7-8-12-15(11-4-2)16-13-9-10-14-17(16)18(19)20/h15H,3-14H2,1-2H3,(H,19,20). The number of rotatable bonds is 10. The average Bonchev–Trinajstić information content (AvgIpc) is 2.46. The number of carbonyl (C=O) groups is 1. The third-order valence-electron chi connectivity index (χ3n) is 4.55. The van der Waals surface area contributed by atoms with Gasteiger partial charge in [0.05, 0.1) is 0 Å². The lowest BCUT2D eigenvalue weighted by Gasteiger charge is -2.26. The molecule has 1 N–H and O–H groups in total. The zero-order valence-electron chi connectivity index (χ0n) is 13.4. The van der Waals surface area contributed by atoms with Gasteiger partial charge in [-0.15, -0.1) is 0 Å². The minimum Gasteiger partial charge on any atom is -0.478 e. The maximum Gasteiger partial charge on any atom is 0.331 e. The summed E-state index contributed by atoms with van der Waals surface area (Å²) in [5.74, 6) is -0.125. The Morgan fingerprint density at radius 1 is 1.00 bits per heavy atom. The van der Waals surface area contributed by atoms with E-state index in [9.17, 15) is 9.90 Å². The van der Waals surface area contributed by atoms with Crippen LogP contribution >= 0.6 is 0 Å². The molecule has 0 radical (unpaired) electrons. The van der Waals surface area contributed by atoms with Gasteiger partial charge in [-0.25, -0.2) is 4.79 Å². The number of hydrogen-bond donors (Lipinski definition) is 1. The van der Waals surface area contributed by atoms with E-state index in [0.29, 0.717) is 5.92 Å². The van der Waals surface area contributed by atoms with Crippen molar-refractivity contribution in [3.63, 3.8) is 0 Å². The van der Waals surface area contributed by atoms with Crippen molar-refractivity contribution in [3.8, 4) is 0 Å². The second-order valence-electron chi connectivity index (χ2n) is 6.20. The first kappa shape index (κ1) is 17.3. The van der Waals surface area contributed by atoms with Gasteiger partial charge in [0.15, 0.2) is 0 Å². The van der Waals surface area contributed by atoms with Gasteiger partial charge in [-0.05, 0) is 44.4 Å². The Morgan fingerprint density at radius 3 is 2.35 bits per heavy atom. The summed E-state index contributed by atoms with van der Waals surface area (Å²) in [7, 11) is 0. The van der Waals surface area contributed by atoms with Crippen LogP contribution in [0.25, 0.3) is 0 Å². The highest BCUT2D eigenvalue weighted by Gasteiger charge is 2.24. The van der Waals surface area contributed by atoms with Crippen molar-refractivity contribution in [1.29, 1.82) is 0 Å². The topological polar surface area (TPSA) is 37.3 Å². The van der Waals surface area contributed by atoms with Gasteiger partial charge in [0.2, 0.25) is 0 Å². The first-order valence-electron chi connectivity index (χ1n) is 8.65. The zero-order chi connectivity index (χ0) is 14.8. The molecule has 116 valence electrons. The largest absolute Gasteiger partial charge is 0.478 e. The monoisotopic (exact) mass is 280 g/mol. The fourth-order valence-corrected chi connectivity index (χ4v) is 3.46. The second-order valence-corrected chi connectivity index (χ2v) is 6.20. The number of carboxylic acids is 1. The fourth-order valence-electron chi connectivity index (χ4n) is 3.46. The van der Waals surface area contributed by atoms with Crippen molar-refractivity contribution >= 4 is 5.97 Å². The lowest BCUT2D eigenvalue weighted by atomic mass is 9.79. The number of allylic oxidation sites excluding steroid dienone is 1. The minimum absolute atomic E-state index is 0.535. The molecular weight excluding hydrogens is 248 g/mol. The SMILES string of the molecule is CCCCCCCC(CCC)C1=C(C(=O)O)CCCC1. The molecule has 2 nitrogen and oxygen atoms in total. The molecule has 0 saturated heterocycles. The smallest absolute Gasteiger partial charge is 0.331 e. The molecule has 0 bridgehead atoms. The molecule has 0 aliphatic heterocycles. The van der Waals surface area contributed by atoms with Crippen LogP contribution in [0, 0.1) is 5.92 Å². The predicted octanol–water partition coefficient (Wildman–Crippen LogP) is 5.72. The van der Waals surface area contributed by atoms with Gasteiger partial charge in [0, 0.05) is 5.57 Å². The molecule has 0 aromatic heterocycles. The van der Waals surface area contributed by atoms with Gasteiger partial charge >= 0.3 is 5.97 Å². The van der Waals surface area contributed by atoms with Gasteiger partial charge in [-0.1, -0.05) is 57.9 Å². The van der Waals surface area contributed by atoms with Gasteiger partial charge in [0.25, 0.3) is 0 Å². The van der Waals surface area contributed by atoms with E-state index in [2.05, 4.69) is 13.8 Å². The minimum atomic E-state index is -0.660. The Morgan fingerprint density at radius 2 is 1.70 bits per heavy atom. The van der Waals surface area contributed by atoms with Gasteiger partial charge in [0.1, 0.15) is 0 Å². The van der Waals surface area contributed by atoms with Gasteiger partial charge < -0.3 is 5.11 Å². The molecule has 0 amide bonds. The van der Waals surface area contributed by atoms with E-state index in [-0.39, 0.29) is 0 Å². The summed E-state index contributed by atoms with van der Waals surface area (Å²) in [5.41, 5.74) is 2.05. The van der Waals surface area contributed by atoms with E-state index in [0.717, 1.165) is 31.3 Å². The first-order valence-corrected chi connectivity index (χ1v) is 8.65. The molecule has 0 aromatic carbocycles. The van der Waals surface area contributed by atoms with Crippen LogP contribution in [0.2, 0.25) is 0 Å². The van der Waals surface area contributed by atoms with Crippen molar-refractivity contribution in [3.05, 3.63) is 11.1 Å². The lowest BCUT2D eigenvalue weighted by molar-refractivity contribution is -0.133. The summed E-state index contributed by atoms with van der Waals surface area (Å²) in [5, 5.41) is 9.41. The Labute approximate surface area is 124 Å². The van der Waals surface area contributed by atoms with Crippen LogP contribution in [0.1, 0.15) is 90.9 Å². The molecule has 0 aromatic rings. The summed E-state index contributed by atoms with van der Waals surface area (Å²) >= 11 is 0. The second kappa shape index (κ2) is 10.0. The third-order valence-corrected chi connectivity index (χ3v) is 4.55. The molecule has 2 heteroatoms. The van der Waals surface area contributed by atoms with Crippen LogP contribution in [0.5, 0.6) is 0 Å². The summed E-state index contributed by atoms with van der Waals surface area (Å²) < 4.78 is 0. The van der Waals surface area contributed by atoms with Crippen molar-refractivity contribution < 1.29 is 9.90 Å². The average molecular weight is 280 g/mol. The van der Waals surface area contributed by atoms with E-state index < -0.39 is 5.97 Å². The Bertz CT molecular complexity index is 317. The molecule has 0 spiro atoms. The van der Waals surface area contributed by atoms with Crippen molar-refractivity contribution in [2.75, 3.05) is 0 Å². The van der Waals surface area contributed by atoms with Gasteiger partial charge in [-0.2, -0.15) is 0 Å². The van der Waals surface area contributed by atoms with Crippen molar-refractivity contribution in [1.82, 2.24) is 0 Å². The molecular formula is C18H32O2. The molecule has 1 rings (SSSR count). The highest BCUT2D eigenvalue weighted by molar-refractivity contribution is 5.87. The summed E-state index contributed by atoms with van der Waals surface area (Å²) in [6, 6.07) is 0. The molecule has 0 fully saturated rings. The fraction of sp³-hybridized carbons (Fsp3) is 0.833. The number of hydrogen-bond acceptors (Lipinski definition) is 1. The predicted molar refractivity (Wildman–Crippen MR) is 84.9 cm³/mol. The van der Waals surface area contributed by atoms with Crippen LogP contribution in [0.4, 0.5) is 0 Å². The van der Waals surface area contributed by atoms with Crippen LogP contribution in [-0.4, -0.2) is 11.1 Å². The maximum atomic E-state index is 11.4. The van der Waals surface area contributed by atoms with Crippen molar-refractivity contribution in [2.24, 2.45) is 5.92 Å². The maximum absolute atomic E-state index is 11.4. The Kier molecular flexibility index (Phi) is 8.64. The first-order chi connectivity index (χ1) is 9.70. The van der Waals surface area contributed by atoms with Crippen LogP contribution in [0.15, 0.2) is 11.1 Å². The summed E-state index contributed by atoms with van der Waals surface area (Å²) in [4.78, 5) is 11.4. The summed E-state index contributed by atoms with van der Waals surface area (Å²) in [6.07, 6.45) is 14.1. The van der Waals surface area contributed by atoms with E-state index in [4.69, 9.17) is 0 Å². The number of unbranched alkanes of at least 4 members (excludes halogenated alkanes) is 4. The highest BCUT2D eigenvalue weighted by atomic mass is 16.4. The Balaban J connectivity index is 2.60. The Hall–Kier alpha value is -0.790. The van der Waals surface area contributed by atoms with Crippen molar-refractivity contribution in [2.45, 2.75) is 90.9 Å². The number of carboxylic acid groups (broad SMARTS) is 1. The molecule has 0 heterocycles. The van der Waals surface area contributed by atoms with Crippen LogP contribution < -0.4 is 0 Å². The highest BCUT2D eigenvalue weighted by Crippen LogP contribution is 2.35. The molecule has 1 aliphatic carbocycles. The molecule has 20 heavy (non-hydrogen) atoms. The molecule has 0 saturated carbocycles. The van der Waals surface area contributed by atoms with Crippen LogP contribution in [-0.2, 0) is 4.79 Å². The number of aliphatic carboxylic acids is 1. The lowest BCUT2D eigenvalue weighted by Crippen LogP contribution is -2.16. The molecule has 1 unspecified atom stereocenters. The van der Waals surface area contributed by atoms with E-state index in [1.165, 1.54) is 56.9 Å². The van der Waals surface area contributed by atoms with E-state index in [1.807, 2.05) is 0 Å². The zero-order valence-corrected chi connectivity index (χ0v) is 13.4. The van der Waals surface area contributed by atoms with E-state index >= 15 is 0 Å². The normalized spacial score (nSPS) is 17.3. The van der Waals surface area contributed by atoms with E-state index in [1.54, 1.807) is 0 Å².